The Morgan fingerprint density at radius 3 is 2.83 bits per heavy atom. The number of amides is 1. The molecule has 3 N–H and O–H groups in total. The van der Waals surface area contributed by atoms with Gasteiger partial charge in [0.2, 0.25) is 5.91 Å². The van der Waals surface area contributed by atoms with Crippen molar-refractivity contribution in [3.8, 4) is 0 Å². The number of fused-ring (bicyclic) bond motifs is 1. The van der Waals surface area contributed by atoms with Crippen molar-refractivity contribution in [3.05, 3.63) is 29.3 Å². The largest absolute Gasteiger partial charge is 0.390 e. The van der Waals surface area contributed by atoms with Crippen LogP contribution in [0.15, 0.2) is 18.2 Å². The summed E-state index contributed by atoms with van der Waals surface area (Å²) in [4.78, 5) is 11.2. The summed E-state index contributed by atoms with van der Waals surface area (Å²) in [5, 5.41) is 22.5. The lowest BCUT2D eigenvalue weighted by molar-refractivity contribution is -0.116. The lowest BCUT2D eigenvalue weighted by Crippen LogP contribution is -2.21. The van der Waals surface area contributed by atoms with E-state index in [4.69, 9.17) is 11.6 Å². The van der Waals surface area contributed by atoms with Crippen molar-refractivity contribution in [2.24, 2.45) is 0 Å². The van der Waals surface area contributed by atoms with Gasteiger partial charge in [0.25, 0.3) is 0 Å². The SMILES string of the molecule is O=C1CCc2cc(C(O)C(O)CCCl)ccc2N1. The molecule has 1 aromatic rings. The van der Waals surface area contributed by atoms with Crippen LogP contribution in [0, 0.1) is 0 Å². The minimum Gasteiger partial charge on any atom is -0.390 e. The normalized spacial score (nSPS) is 17.8. The third-order valence-electron chi connectivity index (χ3n) is 3.14. The molecule has 1 aliphatic heterocycles. The zero-order valence-corrected chi connectivity index (χ0v) is 10.7. The fourth-order valence-corrected chi connectivity index (χ4v) is 2.30. The summed E-state index contributed by atoms with van der Waals surface area (Å²) in [6.07, 6.45) is -0.342. The zero-order chi connectivity index (χ0) is 13.1. The third kappa shape index (κ3) is 2.83. The van der Waals surface area contributed by atoms with E-state index in [1.54, 1.807) is 12.1 Å². The molecule has 5 heteroatoms. The van der Waals surface area contributed by atoms with Crippen LogP contribution in [-0.4, -0.2) is 28.1 Å². The standard InChI is InChI=1S/C13H16ClNO3/c14-6-5-11(16)13(18)9-1-3-10-8(7-9)2-4-12(17)15-10/h1,3,7,11,13,16,18H,2,4-6H2,(H,15,17). The van der Waals surface area contributed by atoms with Crippen molar-refractivity contribution in [1.82, 2.24) is 0 Å². The summed E-state index contributed by atoms with van der Waals surface area (Å²) in [7, 11) is 0. The minimum absolute atomic E-state index is 0.0120. The second-order valence-electron chi connectivity index (χ2n) is 4.45. The number of alkyl halides is 1. The summed E-state index contributed by atoms with van der Waals surface area (Å²) in [5.74, 6) is 0.317. The number of halogens is 1. The second-order valence-corrected chi connectivity index (χ2v) is 4.83. The lowest BCUT2D eigenvalue weighted by atomic mass is 9.96. The van der Waals surface area contributed by atoms with E-state index in [0.717, 1.165) is 11.3 Å². The topological polar surface area (TPSA) is 69.6 Å². The Hall–Kier alpha value is -1.10. The molecule has 18 heavy (non-hydrogen) atoms. The van der Waals surface area contributed by atoms with E-state index in [1.165, 1.54) is 0 Å². The summed E-state index contributed by atoms with van der Waals surface area (Å²) >= 11 is 5.54. The maximum atomic E-state index is 11.2. The molecular formula is C13H16ClNO3. The first-order valence-corrected chi connectivity index (χ1v) is 6.50. The van der Waals surface area contributed by atoms with E-state index in [0.29, 0.717) is 30.7 Å². The maximum Gasteiger partial charge on any atom is 0.224 e. The number of aliphatic hydroxyl groups is 2. The molecule has 0 aliphatic carbocycles. The van der Waals surface area contributed by atoms with E-state index in [2.05, 4.69) is 5.32 Å². The average molecular weight is 270 g/mol. The Morgan fingerprint density at radius 1 is 1.33 bits per heavy atom. The highest BCUT2D eigenvalue weighted by Gasteiger charge is 2.21. The number of hydrogen-bond donors (Lipinski definition) is 3. The summed E-state index contributed by atoms with van der Waals surface area (Å²) < 4.78 is 0. The molecule has 0 radical (unpaired) electrons. The number of aryl methyl sites for hydroxylation is 1. The number of anilines is 1. The molecule has 1 heterocycles. The molecule has 0 saturated heterocycles. The van der Waals surface area contributed by atoms with Gasteiger partial charge in [-0.1, -0.05) is 12.1 Å². The molecule has 0 spiro atoms. The number of carbonyl (C=O) groups excluding carboxylic acids is 1. The highest BCUT2D eigenvalue weighted by molar-refractivity contribution is 6.17. The van der Waals surface area contributed by atoms with Gasteiger partial charge in [0.05, 0.1) is 6.10 Å². The van der Waals surface area contributed by atoms with Crippen molar-refractivity contribution in [3.63, 3.8) is 0 Å². The van der Waals surface area contributed by atoms with Crippen LogP contribution in [0.2, 0.25) is 0 Å². The lowest BCUT2D eigenvalue weighted by Gasteiger charge is -2.21. The number of aliphatic hydroxyl groups excluding tert-OH is 2. The second kappa shape index (κ2) is 5.69. The molecule has 0 aromatic heterocycles. The first-order valence-electron chi connectivity index (χ1n) is 5.96. The van der Waals surface area contributed by atoms with Gasteiger partial charge in [0.15, 0.2) is 0 Å². The molecule has 0 saturated carbocycles. The fourth-order valence-electron chi connectivity index (χ4n) is 2.08. The maximum absolute atomic E-state index is 11.2. The Morgan fingerprint density at radius 2 is 2.11 bits per heavy atom. The van der Waals surface area contributed by atoms with Crippen LogP contribution in [-0.2, 0) is 11.2 Å². The smallest absolute Gasteiger partial charge is 0.224 e. The van der Waals surface area contributed by atoms with Crippen LogP contribution < -0.4 is 5.32 Å². The van der Waals surface area contributed by atoms with Gasteiger partial charge in [-0.05, 0) is 30.0 Å². The Bertz CT molecular complexity index is 450. The highest BCUT2D eigenvalue weighted by atomic mass is 35.5. The van der Waals surface area contributed by atoms with E-state index < -0.39 is 12.2 Å². The predicted molar refractivity (Wildman–Crippen MR) is 69.7 cm³/mol. The fraction of sp³-hybridized carbons (Fsp3) is 0.462. The molecule has 1 aromatic carbocycles. The van der Waals surface area contributed by atoms with Crippen LogP contribution in [0.25, 0.3) is 0 Å². The Labute approximate surface area is 111 Å². The molecule has 0 fully saturated rings. The van der Waals surface area contributed by atoms with E-state index in [1.807, 2.05) is 6.07 Å². The monoisotopic (exact) mass is 269 g/mol. The average Bonchev–Trinajstić information content (AvgIpc) is 2.37. The summed E-state index contributed by atoms with van der Waals surface area (Å²) in [6.45, 7) is 0. The number of hydrogen-bond acceptors (Lipinski definition) is 3. The van der Waals surface area contributed by atoms with Crippen molar-refractivity contribution < 1.29 is 15.0 Å². The number of benzene rings is 1. The predicted octanol–water partition coefficient (Wildman–Crippen LogP) is 1.59. The quantitative estimate of drug-likeness (QED) is 0.727. The van der Waals surface area contributed by atoms with Gasteiger partial charge in [-0.15, -0.1) is 11.6 Å². The van der Waals surface area contributed by atoms with Crippen LogP contribution in [0.5, 0.6) is 0 Å². The molecule has 2 atom stereocenters. The zero-order valence-electron chi connectivity index (χ0n) is 9.90. The molecule has 98 valence electrons. The van der Waals surface area contributed by atoms with Gasteiger partial charge in [-0.25, -0.2) is 0 Å². The van der Waals surface area contributed by atoms with E-state index in [9.17, 15) is 15.0 Å². The van der Waals surface area contributed by atoms with Crippen molar-refractivity contribution >= 4 is 23.2 Å². The van der Waals surface area contributed by atoms with Crippen LogP contribution in [0.3, 0.4) is 0 Å². The number of nitrogens with one attached hydrogen (secondary N) is 1. The van der Waals surface area contributed by atoms with Crippen molar-refractivity contribution in [1.29, 1.82) is 0 Å². The molecule has 2 unspecified atom stereocenters. The highest BCUT2D eigenvalue weighted by Crippen LogP contribution is 2.27. The summed E-state index contributed by atoms with van der Waals surface area (Å²) in [5.41, 5.74) is 2.43. The van der Waals surface area contributed by atoms with Gasteiger partial charge >= 0.3 is 0 Å². The molecular weight excluding hydrogens is 254 g/mol. The van der Waals surface area contributed by atoms with Gasteiger partial charge < -0.3 is 15.5 Å². The van der Waals surface area contributed by atoms with Gasteiger partial charge in [-0.2, -0.15) is 0 Å². The Balaban J connectivity index is 2.18. The van der Waals surface area contributed by atoms with Crippen LogP contribution in [0.1, 0.15) is 30.1 Å². The molecule has 0 bridgehead atoms. The van der Waals surface area contributed by atoms with Gasteiger partial charge in [0, 0.05) is 18.0 Å². The van der Waals surface area contributed by atoms with Crippen LogP contribution >= 0.6 is 11.6 Å². The van der Waals surface area contributed by atoms with Crippen molar-refractivity contribution in [2.75, 3.05) is 11.2 Å². The van der Waals surface area contributed by atoms with E-state index >= 15 is 0 Å². The van der Waals surface area contributed by atoms with Gasteiger partial charge in [0.1, 0.15) is 6.10 Å². The number of rotatable bonds is 4. The molecule has 1 amide bonds. The van der Waals surface area contributed by atoms with Gasteiger partial charge in [-0.3, -0.25) is 4.79 Å². The first-order chi connectivity index (χ1) is 8.61. The molecule has 2 rings (SSSR count). The minimum atomic E-state index is -0.938. The first kappa shape index (κ1) is 13.3. The molecule has 4 nitrogen and oxygen atoms in total. The molecule has 1 aliphatic rings. The number of carbonyl (C=O) groups is 1. The van der Waals surface area contributed by atoms with E-state index in [-0.39, 0.29) is 5.91 Å². The summed E-state index contributed by atoms with van der Waals surface area (Å²) in [6, 6.07) is 5.31. The Kier molecular flexibility index (Phi) is 4.22. The van der Waals surface area contributed by atoms with Crippen LogP contribution in [0.4, 0.5) is 5.69 Å². The van der Waals surface area contributed by atoms with Crippen molar-refractivity contribution in [2.45, 2.75) is 31.5 Å². The third-order valence-corrected chi connectivity index (χ3v) is 3.35.